The Morgan fingerprint density at radius 1 is 1.37 bits per heavy atom. The van der Waals surface area contributed by atoms with Crippen molar-refractivity contribution in [3.8, 4) is 0 Å². The topological polar surface area (TPSA) is 88.3 Å². The van der Waals surface area contributed by atoms with E-state index >= 15 is 0 Å². The highest BCUT2D eigenvalue weighted by atomic mass is 16.4. The normalized spacial score (nSPS) is 23.4. The predicted octanol–water partition coefficient (Wildman–Crippen LogP) is 0.766. The molecule has 0 aromatic carbocycles. The van der Waals surface area contributed by atoms with E-state index in [4.69, 9.17) is 5.11 Å². The number of carboxylic acids is 1. The van der Waals surface area contributed by atoms with Crippen molar-refractivity contribution in [2.45, 2.75) is 51.7 Å². The van der Waals surface area contributed by atoms with Gasteiger partial charge in [0.1, 0.15) is 6.54 Å². The smallest absolute Gasteiger partial charge is 0.358 e. The first-order valence-electron chi connectivity index (χ1n) is 6.43. The number of aromatic carboxylic acids is 1. The quantitative estimate of drug-likeness (QED) is 0.872. The van der Waals surface area contributed by atoms with Crippen LogP contribution in [0.5, 0.6) is 0 Å². The van der Waals surface area contributed by atoms with Crippen LogP contribution in [0.25, 0.3) is 0 Å². The first-order chi connectivity index (χ1) is 8.99. The Bertz CT molecular complexity index is 475. The maximum atomic E-state index is 12.3. The molecule has 2 atom stereocenters. The number of rotatable bonds is 3. The van der Waals surface area contributed by atoms with E-state index in [0.717, 1.165) is 19.3 Å². The Morgan fingerprint density at radius 2 is 2.00 bits per heavy atom. The average Bonchev–Trinajstić information content (AvgIpc) is 2.77. The lowest BCUT2D eigenvalue weighted by molar-refractivity contribution is -0.138. The third-order valence-corrected chi connectivity index (χ3v) is 3.54. The average molecular weight is 266 g/mol. The van der Waals surface area contributed by atoms with E-state index in [1.165, 1.54) is 10.9 Å². The number of likely N-dealkylation sites (tertiary alicyclic amines) is 1. The molecule has 1 aromatic rings. The highest BCUT2D eigenvalue weighted by Crippen LogP contribution is 2.22. The van der Waals surface area contributed by atoms with Crippen LogP contribution in [0.1, 0.15) is 43.6 Å². The number of carbonyl (C=O) groups excluding carboxylic acids is 1. The molecule has 1 saturated heterocycles. The van der Waals surface area contributed by atoms with E-state index in [9.17, 15) is 9.59 Å². The van der Waals surface area contributed by atoms with Crippen molar-refractivity contribution in [1.82, 2.24) is 19.9 Å². The minimum absolute atomic E-state index is 0.0367. The second kappa shape index (κ2) is 5.38. The number of hydrogen-bond acceptors (Lipinski definition) is 4. The molecule has 7 heteroatoms. The van der Waals surface area contributed by atoms with E-state index in [0.29, 0.717) is 0 Å². The number of aromatic nitrogens is 3. The third kappa shape index (κ3) is 2.91. The summed E-state index contributed by atoms with van der Waals surface area (Å²) in [5, 5.41) is 15.9. The molecule has 1 fully saturated rings. The van der Waals surface area contributed by atoms with Crippen LogP contribution >= 0.6 is 0 Å². The van der Waals surface area contributed by atoms with Crippen molar-refractivity contribution < 1.29 is 14.7 Å². The molecule has 0 saturated carbocycles. The molecule has 1 N–H and O–H groups in total. The number of carbonyl (C=O) groups is 2. The minimum atomic E-state index is -1.14. The molecule has 104 valence electrons. The largest absolute Gasteiger partial charge is 0.476 e. The minimum Gasteiger partial charge on any atom is -0.476 e. The summed E-state index contributed by atoms with van der Waals surface area (Å²) < 4.78 is 1.28. The number of nitrogens with zero attached hydrogens (tertiary/aromatic N) is 4. The van der Waals surface area contributed by atoms with Crippen LogP contribution in [-0.4, -0.2) is 49.0 Å². The SMILES string of the molecule is CC1CCCC(C)N1C(=O)Cn1cc(C(=O)O)nn1. The molecule has 1 aromatic heterocycles. The van der Waals surface area contributed by atoms with Crippen LogP contribution in [0.4, 0.5) is 0 Å². The molecular weight excluding hydrogens is 248 g/mol. The standard InChI is InChI=1S/C12H18N4O3/c1-8-4-3-5-9(2)16(8)11(17)7-15-6-10(12(18)19)13-14-15/h6,8-9H,3-5,7H2,1-2H3,(H,18,19). The van der Waals surface area contributed by atoms with Gasteiger partial charge in [0.2, 0.25) is 5.91 Å². The van der Waals surface area contributed by atoms with Gasteiger partial charge in [0.15, 0.2) is 5.69 Å². The molecule has 1 amide bonds. The first kappa shape index (κ1) is 13.5. The summed E-state index contributed by atoms with van der Waals surface area (Å²) in [7, 11) is 0. The van der Waals surface area contributed by atoms with E-state index in [2.05, 4.69) is 10.3 Å². The van der Waals surface area contributed by atoms with Crippen LogP contribution in [-0.2, 0) is 11.3 Å². The molecule has 2 heterocycles. The summed E-state index contributed by atoms with van der Waals surface area (Å²) >= 11 is 0. The number of carboxylic acid groups (broad SMARTS) is 1. The van der Waals surface area contributed by atoms with Gasteiger partial charge in [0.25, 0.3) is 0 Å². The summed E-state index contributed by atoms with van der Waals surface area (Å²) in [6.45, 7) is 4.12. The lowest BCUT2D eigenvalue weighted by atomic mass is 9.97. The van der Waals surface area contributed by atoms with Gasteiger partial charge in [-0.1, -0.05) is 5.21 Å². The zero-order chi connectivity index (χ0) is 14.0. The molecule has 0 spiro atoms. The molecule has 0 bridgehead atoms. The monoisotopic (exact) mass is 266 g/mol. The number of amides is 1. The van der Waals surface area contributed by atoms with Gasteiger partial charge in [0, 0.05) is 12.1 Å². The summed E-state index contributed by atoms with van der Waals surface area (Å²) in [5.41, 5.74) is -0.146. The van der Waals surface area contributed by atoms with Crippen molar-refractivity contribution in [3.63, 3.8) is 0 Å². The second-order valence-corrected chi connectivity index (χ2v) is 5.04. The van der Waals surface area contributed by atoms with Gasteiger partial charge in [-0.05, 0) is 33.1 Å². The highest BCUT2D eigenvalue weighted by molar-refractivity contribution is 5.84. The predicted molar refractivity (Wildman–Crippen MR) is 66.6 cm³/mol. The van der Waals surface area contributed by atoms with Gasteiger partial charge in [-0.15, -0.1) is 5.10 Å². The molecule has 2 rings (SSSR count). The summed E-state index contributed by atoms with van der Waals surface area (Å²) in [5.74, 6) is -1.18. The van der Waals surface area contributed by atoms with E-state index in [1.807, 2.05) is 18.7 Å². The van der Waals surface area contributed by atoms with Crippen molar-refractivity contribution in [2.24, 2.45) is 0 Å². The van der Waals surface area contributed by atoms with Crippen molar-refractivity contribution >= 4 is 11.9 Å². The zero-order valence-corrected chi connectivity index (χ0v) is 11.1. The Labute approximate surface area is 111 Å². The van der Waals surface area contributed by atoms with Gasteiger partial charge < -0.3 is 10.0 Å². The third-order valence-electron chi connectivity index (χ3n) is 3.54. The Balaban J connectivity index is 2.05. The number of hydrogen-bond donors (Lipinski definition) is 1. The second-order valence-electron chi connectivity index (χ2n) is 5.04. The van der Waals surface area contributed by atoms with Gasteiger partial charge in [-0.3, -0.25) is 4.79 Å². The molecule has 2 unspecified atom stereocenters. The van der Waals surface area contributed by atoms with Crippen LogP contribution in [0, 0.1) is 0 Å². The zero-order valence-electron chi connectivity index (χ0n) is 11.1. The van der Waals surface area contributed by atoms with E-state index in [-0.39, 0.29) is 30.2 Å². The van der Waals surface area contributed by atoms with Crippen LogP contribution in [0.2, 0.25) is 0 Å². The summed E-state index contributed by atoms with van der Waals surface area (Å²) in [4.78, 5) is 24.8. The molecule has 19 heavy (non-hydrogen) atoms. The Hall–Kier alpha value is -1.92. The lowest BCUT2D eigenvalue weighted by Crippen LogP contribution is -2.48. The first-order valence-corrected chi connectivity index (χ1v) is 6.43. The van der Waals surface area contributed by atoms with Crippen LogP contribution < -0.4 is 0 Å². The van der Waals surface area contributed by atoms with Crippen LogP contribution in [0.3, 0.4) is 0 Å². The van der Waals surface area contributed by atoms with Crippen LogP contribution in [0.15, 0.2) is 6.20 Å². The van der Waals surface area contributed by atoms with Crippen molar-refractivity contribution in [3.05, 3.63) is 11.9 Å². The maximum absolute atomic E-state index is 12.3. The van der Waals surface area contributed by atoms with Gasteiger partial charge in [-0.2, -0.15) is 0 Å². The van der Waals surface area contributed by atoms with Gasteiger partial charge in [-0.25, -0.2) is 9.48 Å². The molecule has 7 nitrogen and oxygen atoms in total. The van der Waals surface area contributed by atoms with Crippen molar-refractivity contribution in [1.29, 1.82) is 0 Å². The van der Waals surface area contributed by atoms with Crippen molar-refractivity contribution in [2.75, 3.05) is 0 Å². The fourth-order valence-corrected chi connectivity index (χ4v) is 2.61. The molecular formula is C12H18N4O3. The fourth-order valence-electron chi connectivity index (χ4n) is 2.61. The van der Waals surface area contributed by atoms with Gasteiger partial charge >= 0.3 is 5.97 Å². The lowest BCUT2D eigenvalue weighted by Gasteiger charge is -2.39. The summed E-state index contributed by atoms with van der Waals surface area (Å²) in [6, 6.07) is 0.442. The Kier molecular flexibility index (Phi) is 3.82. The van der Waals surface area contributed by atoms with E-state index in [1.54, 1.807) is 0 Å². The molecule has 0 aliphatic carbocycles. The van der Waals surface area contributed by atoms with Gasteiger partial charge in [0.05, 0.1) is 6.20 Å². The molecule has 1 aliphatic heterocycles. The highest BCUT2D eigenvalue weighted by Gasteiger charge is 2.29. The molecule has 1 aliphatic rings. The maximum Gasteiger partial charge on any atom is 0.358 e. The summed E-state index contributed by atoms with van der Waals surface area (Å²) in [6.07, 6.45) is 4.43. The Morgan fingerprint density at radius 3 is 2.53 bits per heavy atom. The molecule has 0 radical (unpaired) electrons. The number of piperidine rings is 1. The fraction of sp³-hybridized carbons (Fsp3) is 0.667. The van der Waals surface area contributed by atoms with E-state index < -0.39 is 5.97 Å².